The number of imidazole rings is 1. The fourth-order valence-electron chi connectivity index (χ4n) is 5.44. The second-order valence-corrected chi connectivity index (χ2v) is 12.2. The molecule has 2 aliphatic carbocycles. The lowest BCUT2D eigenvalue weighted by Crippen LogP contribution is -2.44. The van der Waals surface area contributed by atoms with Crippen molar-refractivity contribution in [1.29, 1.82) is 0 Å². The molecule has 2 aromatic heterocycles. The largest absolute Gasteiger partial charge is 0.350 e. The summed E-state index contributed by atoms with van der Waals surface area (Å²) in [5, 5.41) is 5.17. The third-order valence-corrected chi connectivity index (χ3v) is 9.05. The Kier molecular flexibility index (Phi) is 11.0. The van der Waals surface area contributed by atoms with Crippen LogP contribution in [0.25, 0.3) is 11.0 Å². The maximum atomic E-state index is 13.1. The molecule has 3 amide bonds. The van der Waals surface area contributed by atoms with Gasteiger partial charge in [0.1, 0.15) is 0 Å². The van der Waals surface area contributed by atoms with E-state index in [9.17, 15) is 28.0 Å². The maximum absolute atomic E-state index is 13.1. The van der Waals surface area contributed by atoms with E-state index in [-0.39, 0.29) is 39.6 Å². The minimum absolute atomic E-state index is 0.0217. The third-order valence-electron chi connectivity index (χ3n) is 7.81. The summed E-state index contributed by atoms with van der Waals surface area (Å²) >= 11 is 5.45. The van der Waals surface area contributed by atoms with Crippen molar-refractivity contribution in [3.63, 3.8) is 0 Å². The minimum atomic E-state index is -2.65. The van der Waals surface area contributed by atoms with Gasteiger partial charge in [0.15, 0.2) is 0 Å². The zero-order valence-electron chi connectivity index (χ0n) is 24.2. The predicted octanol–water partition coefficient (Wildman–Crippen LogP) is 6.77. The predicted molar refractivity (Wildman–Crippen MR) is 168 cm³/mol. The van der Waals surface area contributed by atoms with Crippen LogP contribution in [0.2, 0.25) is 0 Å². The van der Waals surface area contributed by atoms with Gasteiger partial charge in [-0.2, -0.15) is 0 Å². The van der Waals surface area contributed by atoms with E-state index in [1.807, 2.05) is 22.8 Å². The van der Waals surface area contributed by atoms with Crippen LogP contribution in [-0.2, 0) is 14.4 Å². The van der Waals surface area contributed by atoms with Gasteiger partial charge >= 0.3 is 0 Å². The van der Waals surface area contributed by atoms with Crippen LogP contribution in [0, 0.1) is 5.92 Å². The first-order valence-corrected chi connectivity index (χ1v) is 15.4. The molecule has 234 valence electrons. The van der Waals surface area contributed by atoms with Gasteiger partial charge in [0.25, 0.3) is 12.3 Å². The number of carbonyl (C=O) groups excluding carboxylic acids is 4. The lowest BCUT2D eigenvalue weighted by molar-refractivity contribution is -0.123. The summed E-state index contributed by atoms with van der Waals surface area (Å²) in [5.41, 5.74) is 2.08. The highest BCUT2D eigenvalue weighted by Crippen LogP contribution is 2.39. The van der Waals surface area contributed by atoms with E-state index in [4.69, 9.17) is 11.6 Å². The molecule has 0 unspecified atom stereocenters. The number of anilines is 2. The van der Waals surface area contributed by atoms with Crippen LogP contribution in [0.3, 0.4) is 0 Å². The van der Waals surface area contributed by atoms with E-state index in [1.54, 1.807) is 11.9 Å². The van der Waals surface area contributed by atoms with Crippen molar-refractivity contribution in [3.8, 4) is 0 Å². The number of hydrogen-bond donors (Lipinski definition) is 2. The Bertz CT molecular complexity index is 1560. The van der Waals surface area contributed by atoms with Crippen molar-refractivity contribution in [3.05, 3.63) is 65.4 Å². The molecule has 2 aliphatic rings. The Morgan fingerprint density at radius 2 is 1.77 bits per heavy atom. The van der Waals surface area contributed by atoms with E-state index in [2.05, 4.69) is 28.8 Å². The van der Waals surface area contributed by atoms with Gasteiger partial charge in [-0.1, -0.05) is 32.4 Å². The first-order valence-electron chi connectivity index (χ1n) is 14.3. The smallest absolute Gasteiger partial charge is 0.272 e. The molecule has 2 N–H and O–H groups in total. The molecule has 0 atom stereocenters. The summed E-state index contributed by atoms with van der Waals surface area (Å²) in [6.07, 6.45) is 5.98. The Hall–Kier alpha value is -3.90. The van der Waals surface area contributed by atoms with Crippen LogP contribution < -0.4 is 15.5 Å². The summed E-state index contributed by atoms with van der Waals surface area (Å²) in [7, 11) is 1.77. The SMILES string of the molecule is C=CC(=O)Cl.C=CC(=O)NC1CC(n2c(NC(=O)c3ccc(C(F)F)s3)nc3cc(N(C)C(=O)C4CCCCC4)ccc32)C1. The number of allylic oxidation sites excluding steroid dienone is 1. The van der Waals surface area contributed by atoms with E-state index in [0.29, 0.717) is 30.0 Å². The van der Waals surface area contributed by atoms with E-state index in [0.717, 1.165) is 48.6 Å². The van der Waals surface area contributed by atoms with Crippen molar-refractivity contribution in [2.45, 2.75) is 63.5 Å². The van der Waals surface area contributed by atoms with Crippen molar-refractivity contribution in [2.24, 2.45) is 5.92 Å². The number of carbonyl (C=O) groups is 4. The Morgan fingerprint density at radius 3 is 2.36 bits per heavy atom. The molecular formula is C31H34ClF2N5O4S. The van der Waals surface area contributed by atoms with Gasteiger partial charge in [0, 0.05) is 30.7 Å². The van der Waals surface area contributed by atoms with Crippen LogP contribution in [-0.4, -0.2) is 45.6 Å². The molecule has 2 heterocycles. The van der Waals surface area contributed by atoms with E-state index < -0.39 is 17.6 Å². The molecule has 9 nitrogen and oxygen atoms in total. The van der Waals surface area contributed by atoms with Crippen molar-refractivity contribution < 1.29 is 28.0 Å². The molecule has 0 saturated heterocycles. The van der Waals surface area contributed by atoms with Crippen molar-refractivity contribution >= 4 is 68.6 Å². The van der Waals surface area contributed by atoms with Gasteiger partial charge < -0.3 is 14.8 Å². The molecule has 0 radical (unpaired) electrons. The number of amides is 3. The second kappa shape index (κ2) is 14.7. The minimum Gasteiger partial charge on any atom is -0.350 e. The molecule has 1 aromatic carbocycles. The number of rotatable bonds is 9. The topological polar surface area (TPSA) is 113 Å². The van der Waals surface area contributed by atoms with Crippen LogP contribution in [0.4, 0.5) is 20.4 Å². The van der Waals surface area contributed by atoms with Crippen LogP contribution in [0.5, 0.6) is 0 Å². The molecule has 2 saturated carbocycles. The van der Waals surface area contributed by atoms with Gasteiger partial charge in [-0.05, 0) is 79.8 Å². The molecule has 13 heteroatoms. The lowest BCUT2D eigenvalue weighted by atomic mass is 9.86. The summed E-state index contributed by atoms with van der Waals surface area (Å²) in [6.45, 7) is 6.56. The van der Waals surface area contributed by atoms with Gasteiger partial charge in [-0.3, -0.25) is 24.5 Å². The van der Waals surface area contributed by atoms with Crippen molar-refractivity contribution in [2.75, 3.05) is 17.3 Å². The Labute approximate surface area is 263 Å². The zero-order chi connectivity index (χ0) is 32.0. The molecule has 0 aliphatic heterocycles. The van der Waals surface area contributed by atoms with Crippen molar-refractivity contribution in [1.82, 2.24) is 14.9 Å². The van der Waals surface area contributed by atoms with Gasteiger partial charge in [-0.25, -0.2) is 13.8 Å². The molecule has 0 bridgehead atoms. The summed E-state index contributed by atoms with van der Waals surface area (Å²) < 4.78 is 28.0. The number of aromatic nitrogens is 2. The lowest BCUT2D eigenvalue weighted by Gasteiger charge is -2.37. The number of nitrogens with zero attached hydrogens (tertiary/aromatic N) is 3. The first-order chi connectivity index (χ1) is 21.0. The second-order valence-electron chi connectivity index (χ2n) is 10.7. The number of benzene rings is 1. The average Bonchev–Trinajstić information content (AvgIpc) is 3.64. The zero-order valence-corrected chi connectivity index (χ0v) is 25.8. The van der Waals surface area contributed by atoms with E-state index >= 15 is 0 Å². The highest BCUT2D eigenvalue weighted by atomic mass is 35.5. The summed E-state index contributed by atoms with van der Waals surface area (Å²) in [6, 6.07) is 8.13. The van der Waals surface area contributed by atoms with Gasteiger partial charge in [-0.15, -0.1) is 11.3 Å². The monoisotopic (exact) mass is 645 g/mol. The highest BCUT2D eigenvalue weighted by molar-refractivity contribution is 7.14. The maximum Gasteiger partial charge on any atom is 0.272 e. The fourth-order valence-corrected chi connectivity index (χ4v) is 6.20. The highest BCUT2D eigenvalue weighted by Gasteiger charge is 2.34. The molecule has 44 heavy (non-hydrogen) atoms. The van der Waals surface area contributed by atoms with Crippen LogP contribution in [0.15, 0.2) is 55.6 Å². The van der Waals surface area contributed by atoms with E-state index in [1.165, 1.54) is 24.6 Å². The van der Waals surface area contributed by atoms with Crippen LogP contribution >= 0.6 is 22.9 Å². The number of thiophene rings is 1. The molecule has 5 rings (SSSR count). The number of nitrogens with one attached hydrogen (secondary N) is 2. The molecule has 0 spiro atoms. The average molecular weight is 646 g/mol. The first kappa shape index (κ1) is 33.0. The Morgan fingerprint density at radius 1 is 1.09 bits per heavy atom. The summed E-state index contributed by atoms with van der Waals surface area (Å²) in [4.78, 5) is 53.6. The molecular weight excluding hydrogens is 612 g/mol. The molecule has 2 fully saturated rings. The number of halogens is 3. The summed E-state index contributed by atoms with van der Waals surface area (Å²) in [5.74, 6) is -0.365. The molecule has 3 aromatic rings. The third kappa shape index (κ3) is 7.78. The number of hydrogen-bond acceptors (Lipinski definition) is 6. The quantitative estimate of drug-likeness (QED) is 0.197. The normalized spacial score (nSPS) is 18.0. The van der Waals surface area contributed by atoms with Gasteiger partial charge in [0.05, 0.1) is 20.8 Å². The fraction of sp³-hybridized carbons (Fsp3) is 0.387. The van der Waals surface area contributed by atoms with Gasteiger partial charge in [0.2, 0.25) is 23.0 Å². The number of fused-ring (bicyclic) bond motifs is 1. The number of alkyl halides is 2. The van der Waals surface area contributed by atoms with Crippen LogP contribution in [0.1, 0.15) is 72.0 Å². The Balaban J connectivity index is 0.000000818. The standard InChI is InChI=1S/C28H31F2N5O3S.C3H3ClO/c1-3-24(36)31-17-13-19(14-17)35-21-10-9-18(34(2)27(38)16-7-5-4-6-8-16)15-20(21)32-28(35)33-26(37)23-12-11-22(39-23)25(29)30;1-2-3(4)5/h3,9-12,15-17,19,25H,1,4-8,13-14H2,2H3,(H,31,36)(H,32,33,37);2H,1H2.